The highest BCUT2D eigenvalue weighted by Gasteiger charge is 2.29. The maximum atomic E-state index is 13.0. The van der Waals surface area contributed by atoms with Crippen molar-refractivity contribution < 1.29 is 9.53 Å². The van der Waals surface area contributed by atoms with Gasteiger partial charge in [0.2, 0.25) is 0 Å². The molecule has 2 N–H and O–H groups in total. The van der Waals surface area contributed by atoms with Crippen molar-refractivity contribution in [3.05, 3.63) is 78.4 Å². The van der Waals surface area contributed by atoms with Crippen LogP contribution in [0.25, 0.3) is 27.7 Å². The van der Waals surface area contributed by atoms with Gasteiger partial charge in [0, 0.05) is 35.9 Å². The summed E-state index contributed by atoms with van der Waals surface area (Å²) in [7, 11) is 1.66. The Hall–Kier alpha value is -4.13. The molecule has 7 heteroatoms. The van der Waals surface area contributed by atoms with E-state index in [0.717, 1.165) is 45.7 Å². The topological polar surface area (TPSA) is 83.1 Å². The number of hydrogen-bond acceptors (Lipinski definition) is 4. The summed E-state index contributed by atoms with van der Waals surface area (Å²) >= 11 is 0. The second-order valence-corrected chi connectivity index (χ2v) is 9.10. The number of aromatic nitrogens is 3. The van der Waals surface area contributed by atoms with E-state index in [1.54, 1.807) is 13.4 Å². The third-order valence-corrected chi connectivity index (χ3v) is 6.85. The number of benzene rings is 2. The summed E-state index contributed by atoms with van der Waals surface area (Å²) in [4.78, 5) is 27.2. The second kappa shape index (κ2) is 8.91. The number of amides is 2. The molecule has 3 heterocycles. The fourth-order valence-electron chi connectivity index (χ4n) is 4.87. The van der Waals surface area contributed by atoms with Crippen LogP contribution >= 0.6 is 0 Å². The van der Waals surface area contributed by atoms with Crippen LogP contribution in [0.1, 0.15) is 36.4 Å². The lowest BCUT2D eigenvalue weighted by atomic mass is 9.99. The fourth-order valence-corrected chi connectivity index (χ4v) is 4.87. The third kappa shape index (κ3) is 4.14. The largest absolute Gasteiger partial charge is 0.496 e. The van der Waals surface area contributed by atoms with Crippen LogP contribution in [-0.2, 0) is 0 Å². The van der Waals surface area contributed by atoms with Crippen molar-refractivity contribution >= 4 is 28.3 Å². The predicted molar refractivity (Wildman–Crippen MR) is 137 cm³/mol. The summed E-state index contributed by atoms with van der Waals surface area (Å²) < 4.78 is 5.49. The van der Waals surface area contributed by atoms with Crippen LogP contribution < -0.4 is 10.1 Å². The third-order valence-electron chi connectivity index (χ3n) is 6.85. The number of fused-ring (bicyclic) bond motifs is 1. The number of methoxy groups -OCH3 is 1. The van der Waals surface area contributed by atoms with Crippen LogP contribution in [0.3, 0.4) is 0 Å². The van der Waals surface area contributed by atoms with E-state index in [1.165, 1.54) is 24.0 Å². The Morgan fingerprint density at radius 1 is 1.14 bits per heavy atom. The minimum absolute atomic E-state index is 0.106. The monoisotopic (exact) mass is 465 g/mol. The van der Waals surface area contributed by atoms with Crippen molar-refractivity contribution in [1.29, 1.82) is 0 Å². The lowest BCUT2D eigenvalue weighted by Crippen LogP contribution is -2.38. The van der Waals surface area contributed by atoms with Crippen LogP contribution in [0, 0.1) is 0 Å². The predicted octanol–water partition coefficient (Wildman–Crippen LogP) is 5.83. The van der Waals surface area contributed by atoms with E-state index in [-0.39, 0.29) is 6.03 Å². The zero-order valence-corrected chi connectivity index (χ0v) is 19.6. The molecule has 1 saturated carbocycles. The zero-order valence-electron chi connectivity index (χ0n) is 19.6. The van der Waals surface area contributed by atoms with Gasteiger partial charge in [-0.2, -0.15) is 0 Å². The maximum absolute atomic E-state index is 13.0. The summed E-state index contributed by atoms with van der Waals surface area (Å²) in [5, 5.41) is 4.20. The van der Waals surface area contributed by atoms with Crippen molar-refractivity contribution in [2.45, 2.75) is 25.2 Å². The summed E-state index contributed by atoms with van der Waals surface area (Å²) in [5.41, 5.74) is 7.14. The molecular formula is C28H27N5O2. The van der Waals surface area contributed by atoms with Crippen molar-refractivity contribution in [2.24, 2.45) is 0 Å². The Morgan fingerprint density at radius 2 is 2.03 bits per heavy atom. The molecule has 2 aromatic heterocycles. The van der Waals surface area contributed by atoms with Crippen LogP contribution in [-0.4, -0.2) is 46.1 Å². The molecule has 7 nitrogen and oxygen atoms in total. The standard InChI is InChI=1S/C28H27N5O2/c1-35-24-8-3-2-7-22(24)20-5-4-6-21(15-20)32-28(34)33-13-11-19(12-14-33)26-25-23(18-9-10-18)16-29-27(25)31-17-30-26/h2-8,11,15-18H,9-10,12-14H2,1H3,(H,32,34)(H,29,30,31). The van der Waals surface area contributed by atoms with Gasteiger partial charge in [0.25, 0.3) is 0 Å². The van der Waals surface area contributed by atoms with Gasteiger partial charge in [0.05, 0.1) is 12.8 Å². The highest BCUT2D eigenvalue weighted by atomic mass is 16.5. The van der Waals surface area contributed by atoms with Gasteiger partial charge < -0.3 is 19.9 Å². The number of rotatable bonds is 5. The first kappa shape index (κ1) is 21.4. The molecular weight excluding hydrogens is 438 g/mol. The number of nitrogens with one attached hydrogen (secondary N) is 2. The van der Waals surface area contributed by atoms with Gasteiger partial charge in [0.1, 0.15) is 17.7 Å². The van der Waals surface area contributed by atoms with Gasteiger partial charge in [-0.3, -0.25) is 0 Å². The van der Waals surface area contributed by atoms with Crippen LogP contribution in [0.15, 0.2) is 67.1 Å². The SMILES string of the molecule is COc1ccccc1-c1cccc(NC(=O)N2CC=C(c3ncnc4[nH]cc(C5CC5)c34)CC2)c1. The zero-order chi connectivity index (χ0) is 23.8. The number of urea groups is 1. The second-order valence-electron chi connectivity index (χ2n) is 9.10. The van der Waals surface area contributed by atoms with Crippen molar-refractivity contribution in [3.63, 3.8) is 0 Å². The van der Waals surface area contributed by atoms with E-state index < -0.39 is 0 Å². The highest BCUT2D eigenvalue weighted by Crippen LogP contribution is 2.44. The lowest BCUT2D eigenvalue weighted by Gasteiger charge is -2.27. The van der Waals surface area contributed by atoms with E-state index in [0.29, 0.717) is 19.0 Å². The van der Waals surface area contributed by atoms with Gasteiger partial charge in [-0.25, -0.2) is 14.8 Å². The van der Waals surface area contributed by atoms with E-state index in [2.05, 4.69) is 32.5 Å². The molecule has 0 atom stereocenters. The number of H-pyrrole nitrogens is 1. The number of para-hydroxylation sites is 1. The van der Waals surface area contributed by atoms with Crippen molar-refractivity contribution in [3.8, 4) is 16.9 Å². The highest BCUT2D eigenvalue weighted by molar-refractivity contribution is 5.94. The maximum Gasteiger partial charge on any atom is 0.322 e. The first-order chi connectivity index (χ1) is 17.2. The number of carbonyl (C=O) groups is 1. The van der Waals surface area contributed by atoms with Crippen LogP contribution in [0.2, 0.25) is 0 Å². The first-order valence-electron chi connectivity index (χ1n) is 12.0. The number of aromatic amines is 1. The van der Waals surface area contributed by atoms with Crippen LogP contribution in [0.5, 0.6) is 5.75 Å². The van der Waals surface area contributed by atoms with Crippen molar-refractivity contribution in [1.82, 2.24) is 19.9 Å². The molecule has 4 aromatic rings. The Labute approximate surface area is 203 Å². The van der Waals surface area contributed by atoms with Crippen molar-refractivity contribution in [2.75, 3.05) is 25.5 Å². The quantitative estimate of drug-likeness (QED) is 0.388. The molecule has 2 amide bonds. The Kier molecular flexibility index (Phi) is 5.45. The molecule has 1 aliphatic carbocycles. The number of carbonyl (C=O) groups excluding carboxylic acids is 1. The van der Waals surface area contributed by atoms with Gasteiger partial charge in [-0.05, 0) is 60.1 Å². The molecule has 6 rings (SSSR count). The molecule has 2 aliphatic rings. The van der Waals surface area contributed by atoms with E-state index in [1.807, 2.05) is 53.4 Å². The average Bonchev–Trinajstić information content (AvgIpc) is 3.66. The average molecular weight is 466 g/mol. The summed E-state index contributed by atoms with van der Waals surface area (Å²) in [6.07, 6.45) is 9.05. The number of hydrogen-bond donors (Lipinski definition) is 2. The molecule has 0 spiro atoms. The minimum Gasteiger partial charge on any atom is -0.496 e. The molecule has 1 fully saturated rings. The fraction of sp³-hybridized carbons (Fsp3) is 0.250. The van der Waals surface area contributed by atoms with E-state index >= 15 is 0 Å². The van der Waals surface area contributed by atoms with E-state index in [4.69, 9.17) is 4.74 Å². The van der Waals surface area contributed by atoms with Gasteiger partial charge in [-0.1, -0.05) is 36.4 Å². The van der Waals surface area contributed by atoms with Gasteiger partial charge in [-0.15, -0.1) is 0 Å². The minimum atomic E-state index is -0.106. The Balaban J connectivity index is 1.18. The van der Waals surface area contributed by atoms with E-state index in [9.17, 15) is 4.79 Å². The molecule has 2 aromatic carbocycles. The number of nitrogens with zero attached hydrogens (tertiary/aromatic N) is 3. The summed E-state index contributed by atoms with van der Waals surface area (Å²) in [6.45, 7) is 1.18. The molecule has 35 heavy (non-hydrogen) atoms. The smallest absolute Gasteiger partial charge is 0.322 e. The van der Waals surface area contributed by atoms with Crippen LogP contribution in [0.4, 0.5) is 10.5 Å². The molecule has 1 aliphatic heterocycles. The molecule has 0 radical (unpaired) electrons. The normalized spacial score (nSPS) is 15.7. The summed E-state index contributed by atoms with van der Waals surface area (Å²) in [5.74, 6) is 1.42. The Bertz CT molecular complexity index is 1440. The molecule has 0 saturated heterocycles. The molecule has 0 unspecified atom stereocenters. The number of ether oxygens (including phenoxy) is 1. The molecule has 176 valence electrons. The lowest BCUT2D eigenvalue weighted by molar-refractivity contribution is 0.217. The number of anilines is 1. The molecule has 0 bridgehead atoms. The van der Waals surface area contributed by atoms with Gasteiger partial charge >= 0.3 is 6.03 Å². The Morgan fingerprint density at radius 3 is 2.83 bits per heavy atom. The first-order valence-corrected chi connectivity index (χ1v) is 12.0. The summed E-state index contributed by atoms with van der Waals surface area (Å²) in [6, 6.07) is 15.6. The van der Waals surface area contributed by atoms with Gasteiger partial charge in [0.15, 0.2) is 0 Å².